The molecule has 2 fully saturated rings. The Kier molecular flexibility index (Phi) is 5.70. The molecule has 3 rings (SSSR count). The molecule has 0 radical (unpaired) electrons. The first-order valence-corrected chi connectivity index (χ1v) is 8.90. The summed E-state index contributed by atoms with van der Waals surface area (Å²) < 4.78 is 12.9. The fourth-order valence-corrected chi connectivity index (χ4v) is 3.19. The van der Waals surface area contributed by atoms with E-state index in [1.165, 1.54) is 34.1 Å². The standard InChI is InChI=1S/C18H23FN4O3/c19-14-4-6-15(7-5-14)20-18(26)23-11-10-22(17(25)13-23)12-16(24)21-8-2-1-3-9-21/h4-7H,1-3,8-13H2,(H,20,26). The van der Waals surface area contributed by atoms with Crippen molar-refractivity contribution in [1.82, 2.24) is 14.7 Å². The molecule has 26 heavy (non-hydrogen) atoms. The molecule has 1 aromatic rings. The molecule has 0 aliphatic carbocycles. The smallest absolute Gasteiger partial charge is 0.322 e. The summed E-state index contributed by atoms with van der Waals surface area (Å²) in [4.78, 5) is 41.6. The molecule has 1 aromatic carbocycles. The molecule has 0 aromatic heterocycles. The number of hydrogen-bond donors (Lipinski definition) is 1. The van der Waals surface area contributed by atoms with E-state index < -0.39 is 6.03 Å². The van der Waals surface area contributed by atoms with E-state index in [4.69, 9.17) is 0 Å². The van der Waals surface area contributed by atoms with Gasteiger partial charge in [-0.3, -0.25) is 9.59 Å². The van der Waals surface area contributed by atoms with E-state index in [1.807, 2.05) is 4.90 Å². The van der Waals surface area contributed by atoms with Gasteiger partial charge in [0.15, 0.2) is 0 Å². The zero-order valence-electron chi connectivity index (χ0n) is 14.6. The number of nitrogens with one attached hydrogen (secondary N) is 1. The number of rotatable bonds is 3. The molecule has 2 aliphatic heterocycles. The second-order valence-electron chi connectivity index (χ2n) is 6.62. The second-order valence-corrected chi connectivity index (χ2v) is 6.62. The lowest BCUT2D eigenvalue weighted by atomic mass is 10.1. The number of hydrogen-bond acceptors (Lipinski definition) is 3. The summed E-state index contributed by atoms with van der Waals surface area (Å²) in [5, 5.41) is 2.64. The van der Waals surface area contributed by atoms with Crippen LogP contribution in [0.2, 0.25) is 0 Å². The summed E-state index contributed by atoms with van der Waals surface area (Å²) in [5.74, 6) is -0.650. The van der Waals surface area contributed by atoms with E-state index in [2.05, 4.69) is 5.32 Å². The normalized spacial score (nSPS) is 18.0. The predicted molar refractivity (Wildman–Crippen MR) is 94.0 cm³/mol. The number of piperazine rings is 1. The number of piperidine rings is 1. The van der Waals surface area contributed by atoms with Gasteiger partial charge in [-0.1, -0.05) is 0 Å². The number of nitrogens with zero attached hydrogens (tertiary/aromatic N) is 3. The predicted octanol–water partition coefficient (Wildman–Crippen LogP) is 1.51. The van der Waals surface area contributed by atoms with Crippen LogP contribution in [0, 0.1) is 5.82 Å². The maximum Gasteiger partial charge on any atom is 0.322 e. The van der Waals surface area contributed by atoms with Gasteiger partial charge in [0.25, 0.3) is 0 Å². The first-order valence-electron chi connectivity index (χ1n) is 8.90. The number of halogens is 1. The molecule has 7 nitrogen and oxygen atoms in total. The van der Waals surface area contributed by atoms with Crippen molar-refractivity contribution in [3.63, 3.8) is 0 Å². The van der Waals surface area contributed by atoms with Crippen LogP contribution in [-0.4, -0.2) is 71.8 Å². The van der Waals surface area contributed by atoms with Crippen LogP contribution in [0.5, 0.6) is 0 Å². The number of likely N-dealkylation sites (tertiary alicyclic amines) is 1. The van der Waals surface area contributed by atoms with Crippen LogP contribution in [0.15, 0.2) is 24.3 Å². The van der Waals surface area contributed by atoms with Gasteiger partial charge in [-0.25, -0.2) is 9.18 Å². The summed E-state index contributed by atoms with van der Waals surface area (Å²) in [7, 11) is 0. The van der Waals surface area contributed by atoms with Gasteiger partial charge >= 0.3 is 6.03 Å². The number of amides is 4. The summed E-state index contributed by atoms with van der Waals surface area (Å²) in [6, 6.07) is 5.02. The lowest BCUT2D eigenvalue weighted by molar-refractivity contribution is -0.143. The van der Waals surface area contributed by atoms with Crippen molar-refractivity contribution in [1.29, 1.82) is 0 Å². The van der Waals surface area contributed by atoms with Crippen LogP contribution in [0.3, 0.4) is 0 Å². The summed E-state index contributed by atoms with van der Waals surface area (Å²) >= 11 is 0. The van der Waals surface area contributed by atoms with Crippen LogP contribution in [-0.2, 0) is 9.59 Å². The minimum absolute atomic E-state index is 0.0257. The molecule has 0 bridgehead atoms. The molecular formula is C18H23FN4O3. The number of benzene rings is 1. The molecule has 2 aliphatic rings. The zero-order chi connectivity index (χ0) is 18.5. The zero-order valence-corrected chi connectivity index (χ0v) is 14.6. The fourth-order valence-electron chi connectivity index (χ4n) is 3.19. The van der Waals surface area contributed by atoms with E-state index in [9.17, 15) is 18.8 Å². The molecule has 1 N–H and O–H groups in total. The van der Waals surface area contributed by atoms with Crippen LogP contribution in [0.1, 0.15) is 19.3 Å². The van der Waals surface area contributed by atoms with Gasteiger partial charge in [-0.2, -0.15) is 0 Å². The van der Waals surface area contributed by atoms with Crippen molar-refractivity contribution < 1.29 is 18.8 Å². The number of carbonyl (C=O) groups excluding carboxylic acids is 3. The van der Waals surface area contributed by atoms with E-state index in [0.29, 0.717) is 18.8 Å². The SMILES string of the molecule is O=C(CN1CCN(C(=O)Nc2ccc(F)cc2)CC1=O)N1CCCCC1. The molecule has 140 valence electrons. The molecule has 2 heterocycles. The van der Waals surface area contributed by atoms with Gasteiger partial charge in [-0.15, -0.1) is 0 Å². The lowest BCUT2D eigenvalue weighted by Crippen LogP contribution is -2.55. The Bertz CT molecular complexity index is 674. The van der Waals surface area contributed by atoms with Crippen molar-refractivity contribution in [2.24, 2.45) is 0 Å². The fraction of sp³-hybridized carbons (Fsp3) is 0.500. The highest BCUT2D eigenvalue weighted by atomic mass is 19.1. The van der Waals surface area contributed by atoms with Crippen molar-refractivity contribution in [2.75, 3.05) is 44.6 Å². The third-order valence-electron chi connectivity index (χ3n) is 4.74. The molecule has 0 atom stereocenters. The van der Waals surface area contributed by atoms with Crippen LogP contribution in [0.4, 0.5) is 14.9 Å². The van der Waals surface area contributed by atoms with Gasteiger partial charge < -0.3 is 20.0 Å². The largest absolute Gasteiger partial charge is 0.341 e. The third kappa shape index (κ3) is 4.50. The van der Waals surface area contributed by atoms with Crippen LogP contribution in [0.25, 0.3) is 0 Å². The second kappa shape index (κ2) is 8.16. The van der Waals surface area contributed by atoms with Crippen molar-refractivity contribution in [2.45, 2.75) is 19.3 Å². The van der Waals surface area contributed by atoms with Gasteiger partial charge in [0.05, 0.1) is 6.54 Å². The van der Waals surface area contributed by atoms with E-state index in [0.717, 1.165) is 32.4 Å². The maximum absolute atomic E-state index is 12.9. The van der Waals surface area contributed by atoms with E-state index in [1.54, 1.807) is 0 Å². The lowest BCUT2D eigenvalue weighted by Gasteiger charge is -2.35. The van der Waals surface area contributed by atoms with Crippen molar-refractivity contribution in [3.8, 4) is 0 Å². The van der Waals surface area contributed by atoms with Crippen molar-refractivity contribution in [3.05, 3.63) is 30.1 Å². The third-order valence-corrected chi connectivity index (χ3v) is 4.74. The Morgan fingerprint density at radius 2 is 1.65 bits per heavy atom. The number of urea groups is 1. The Morgan fingerprint density at radius 1 is 0.962 bits per heavy atom. The van der Waals surface area contributed by atoms with Gasteiger partial charge in [-0.05, 0) is 43.5 Å². The molecular weight excluding hydrogens is 339 g/mol. The first-order chi connectivity index (χ1) is 12.5. The summed E-state index contributed by atoms with van der Waals surface area (Å²) in [5.41, 5.74) is 0.464. The van der Waals surface area contributed by atoms with Crippen LogP contribution >= 0.6 is 0 Å². The minimum atomic E-state index is -0.410. The molecule has 0 saturated carbocycles. The van der Waals surface area contributed by atoms with Gasteiger partial charge in [0.1, 0.15) is 12.4 Å². The molecule has 0 unspecified atom stereocenters. The van der Waals surface area contributed by atoms with Gasteiger partial charge in [0.2, 0.25) is 11.8 Å². The highest BCUT2D eigenvalue weighted by molar-refractivity contribution is 5.94. The highest BCUT2D eigenvalue weighted by Gasteiger charge is 2.29. The molecule has 4 amide bonds. The molecule has 8 heteroatoms. The average Bonchev–Trinajstić information content (AvgIpc) is 2.66. The van der Waals surface area contributed by atoms with E-state index >= 15 is 0 Å². The Balaban J connectivity index is 1.49. The first kappa shape index (κ1) is 18.2. The number of carbonyl (C=O) groups is 3. The maximum atomic E-state index is 12.9. The van der Waals surface area contributed by atoms with E-state index in [-0.39, 0.29) is 30.7 Å². The molecule has 2 saturated heterocycles. The Hall–Kier alpha value is -2.64. The van der Waals surface area contributed by atoms with Crippen LogP contribution < -0.4 is 5.32 Å². The highest BCUT2D eigenvalue weighted by Crippen LogP contribution is 2.13. The number of anilines is 1. The monoisotopic (exact) mass is 362 g/mol. The van der Waals surface area contributed by atoms with Crippen molar-refractivity contribution >= 4 is 23.5 Å². The summed E-state index contributed by atoms with van der Waals surface area (Å²) in [6.45, 7) is 2.20. The Labute approximate surface area is 151 Å². The average molecular weight is 362 g/mol. The molecule has 0 spiro atoms. The summed E-state index contributed by atoms with van der Waals surface area (Å²) in [6.07, 6.45) is 3.17. The topological polar surface area (TPSA) is 73.0 Å². The van der Waals surface area contributed by atoms with Gasteiger partial charge in [0, 0.05) is 31.9 Å². The minimum Gasteiger partial charge on any atom is -0.341 e. The Morgan fingerprint density at radius 3 is 2.31 bits per heavy atom. The quantitative estimate of drug-likeness (QED) is 0.886.